The standard InChI is InChI=1S/C20H21N5O2/c1-12-15(5-4-6-17(12)25-10-9-21-20(25)27)23-19(26)14-7-8-16-18(11-14)24(3)13(2)22-16/h4-8,11H,9-10H2,1-3H3,(H,21,27)(H,23,26). The molecule has 0 unspecified atom stereocenters. The first kappa shape index (κ1) is 17.1. The third-order valence-corrected chi connectivity index (χ3v) is 5.07. The summed E-state index contributed by atoms with van der Waals surface area (Å²) in [5.41, 5.74) is 4.71. The normalized spacial score (nSPS) is 13.9. The van der Waals surface area contributed by atoms with E-state index in [-0.39, 0.29) is 11.9 Å². The highest BCUT2D eigenvalue weighted by atomic mass is 16.2. The van der Waals surface area contributed by atoms with Crippen LogP contribution < -0.4 is 15.5 Å². The Bertz CT molecular complexity index is 1070. The summed E-state index contributed by atoms with van der Waals surface area (Å²) in [5.74, 6) is 0.705. The Balaban J connectivity index is 1.63. The van der Waals surface area contributed by atoms with Gasteiger partial charge in [0.1, 0.15) is 5.82 Å². The predicted molar refractivity (Wildman–Crippen MR) is 105 cm³/mol. The Hall–Kier alpha value is -3.35. The Morgan fingerprint density at radius 1 is 1.22 bits per heavy atom. The molecule has 7 heteroatoms. The molecule has 2 N–H and O–H groups in total. The van der Waals surface area contributed by atoms with E-state index in [1.165, 1.54) is 0 Å². The molecule has 0 saturated carbocycles. The van der Waals surface area contributed by atoms with Crippen molar-refractivity contribution < 1.29 is 9.59 Å². The molecule has 0 aliphatic carbocycles. The second-order valence-corrected chi connectivity index (χ2v) is 6.71. The van der Waals surface area contributed by atoms with E-state index < -0.39 is 0 Å². The van der Waals surface area contributed by atoms with Crippen LogP contribution in [0.25, 0.3) is 11.0 Å². The van der Waals surface area contributed by atoms with E-state index in [9.17, 15) is 9.59 Å². The van der Waals surface area contributed by atoms with E-state index in [2.05, 4.69) is 15.6 Å². The van der Waals surface area contributed by atoms with Crippen LogP contribution in [0.2, 0.25) is 0 Å². The van der Waals surface area contributed by atoms with E-state index >= 15 is 0 Å². The minimum absolute atomic E-state index is 0.112. The van der Waals surface area contributed by atoms with Gasteiger partial charge >= 0.3 is 6.03 Å². The maximum absolute atomic E-state index is 12.8. The molecule has 0 atom stereocenters. The van der Waals surface area contributed by atoms with Crippen molar-refractivity contribution in [1.29, 1.82) is 0 Å². The Labute approximate surface area is 157 Å². The SMILES string of the molecule is Cc1c(NC(=O)c2ccc3nc(C)n(C)c3c2)cccc1N1CCNC1=O. The molecule has 3 aromatic rings. The lowest BCUT2D eigenvalue weighted by Crippen LogP contribution is -2.28. The summed E-state index contributed by atoms with van der Waals surface area (Å²) >= 11 is 0. The summed E-state index contributed by atoms with van der Waals surface area (Å²) in [5, 5.41) is 5.77. The summed E-state index contributed by atoms with van der Waals surface area (Å²) in [4.78, 5) is 30.9. The number of carbonyl (C=O) groups excluding carboxylic acids is 2. The zero-order valence-electron chi connectivity index (χ0n) is 15.5. The third-order valence-electron chi connectivity index (χ3n) is 5.07. The van der Waals surface area contributed by atoms with E-state index in [1.54, 1.807) is 11.0 Å². The number of benzene rings is 2. The highest BCUT2D eigenvalue weighted by Gasteiger charge is 2.23. The molecule has 3 amide bonds. The molecule has 2 heterocycles. The van der Waals surface area contributed by atoms with Gasteiger partial charge in [-0.05, 0) is 49.7 Å². The average molecular weight is 363 g/mol. The molecule has 4 rings (SSSR count). The zero-order valence-corrected chi connectivity index (χ0v) is 15.5. The fourth-order valence-corrected chi connectivity index (χ4v) is 3.40. The van der Waals surface area contributed by atoms with Crippen LogP contribution in [0.4, 0.5) is 16.2 Å². The van der Waals surface area contributed by atoms with Crippen molar-refractivity contribution in [1.82, 2.24) is 14.9 Å². The van der Waals surface area contributed by atoms with Crippen molar-refractivity contribution in [3.8, 4) is 0 Å². The number of fused-ring (bicyclic) bond motifs is 1. The number of rotatable bonds is 3. The molecule has 0 bridgehead atoms. The highest BCUT2D eigenvalue weighted by molar-refractivity contribution is 6.07. The van der Waals surface area contributed by atoms with Gasteiger partial charge in [-0.3, -0.25) is 9.69 Å². The van der Waals surface area contributed by atoms with Crippen molar-refractivity contribution in [3.63, 3.8) is 0 Å². The Morgan fingerprint density at radius 3 is 2.78 bits per heavy atom. The lowest BCUT2D eigenvalue weighted by molar-refractivity contribution is 0.102. The van der Waals surface area contributed by atoms with E-state index in [4.69, 9.17) is 0 Å². The van der Waals surface area contributed by atoms with Crippen LogP contribution in [-0.4, -0.2) is 34.6 Å². The lowest BCUT2D eigenvalue weighted by Gasteiger charge is -2.19. The number of anilines is 2. The van der Waals surface area contributed by atoms with Gasteiger partial charge in [-0.2, -0.15) is 0 Å². The second kappa shape index (κ2) is 6.42. The van der Waals surface area contributed by atoms with Gasteiger partial charge in [0.25, 0.3) is 5.91 Å². The minimum atomic E-state index is -0.193. The first-order chi connectivity index (χ1) is 13.0. The van der Waals surface area contributed by atoms with Crippen LogP contribution in [0, 0.1) is 13.8 Å². The number of aromatic nitrogens is 2. The highest BCUT2D eigenvalue weighted by Crippen LogP contribution is 2.28. The molecule has 1 aliphatic rings. The molecule has 7 nitrogen and oxygen atoms in total. The smallest absolute Gasteiger partial charge is 0.322 e. The zero-order chi connectivity index (χ0) is 19.1. The van der Waals surface area contributed by atoms with Crippen molar-refractivity contribution in [2.24, 2.45) is 7.05 Å². The molecule has 138 valence electrons. The van der Waals surface area contributed by atoms with Crippen molar-refractivity contribution in [2.45, 2.75) is 13.8 Å². The largest absolute Gasteiger partial charge is 0.336 e. The fourth-order valence-electron chi connectivity index (χ4n) is 3.40. The number of carbonyl (C=O) groups is 2. The first-order valence-electron chi connectivity index (χ1n) is 8.85. The number of urea groups is 1. The molecule has 0 radical (unpaired) electrons. The molecule has 1 saturated heterocycles. The number of imidazole rings is 1. The van der Waals surface area contributed by atoms with Gasteiger partial charge in [-0.15, -0.1) is 0 Å². The van der Waals surface area contributed by atoms with Crippen LogP contribution in [-0.2, 0) is 7.05 Å². The molecular weight excluding hydrogens is 342 g/mol. The van der Waals surface area contributed by atoms with Crippen molar-refractivity contribution in [3.05, 3.63) is 53.3 Å². The minimum Gasteiger partial charge on any atom is -0.336 e. The maximum Gasteiger partial charge on any atom is 0.322 e. The number of aryl methyl sites for hydroxylation is 2. The molecule has 1 aliphatic heterocycles. The van der Waals surface area contributed by atoms with Gasteiger partial charge in [0, 0.05) is 31.4 Å². The third kappa shape index (κ3) is 2.91. The molecule has 27 heavy (non-hydrogen) atoms. The molecule has 0 spiro atoms. The van der Waals surface area contributed by atoms with Crippen LogP contribution in [0.1, 0.15) is 21.7 Å². The van der Waals surface area contributed by atoms with Crippen molar-refractivity contribution in [2.75, 3.05) is 23.3 Å². The first-order valence-corrected chi connectivity index (χ1v) is 8.85. The number of nitrogens with one attached hydrogen (secondary N) is 2. The average Bonchev–Trinajstić information content (AvgIpc) is 3.20. The lowest BCUT2D eigenvalue weighted by atomic mass is 10.1. The van der Waals surface area contributed by atoms with E-state index in [0.29, 0.717) is 24.3 Å². The quantitative estimate of drug-likeness (QED) is 0.751. The number of nitrogens with zero attached hydrogens (tertiary/aromatic N) is 3. The van der Waals surface area contributed by atoms with Crippen LogP contribution in [0.5, 0.6) is 0 Å². The predicted octanol–water partition coefficient (Wildman–Crippen LogP) is 2.97. The fraction of sp³-hybridized carbons (Fsp3) is 0.250. The van der Waals surface area contributed by atoms with Crippen LogP contribution in [0.3, 0.4) is 0 Å². The molecular formula is C20H21N5O2. The summed E-state index contributed by atoms with van der Waals surface area (Å²) in [6, 6.07) is 10.9. The molecule has 1 fully saturated rings. The maximum atomic E-state index is 12.8. The van der Waals surface area contributed by atoms with Gasteiger partial charge in [-0.25, -0.2) is 9.78 Å². The summed E-state index contributed by atoms with van der Waals surface area (Å²) in [7, 11) is 1.93. The number of hydrogen-bond donors (Lipinski definition) is 2. The van der Waals surface area contributed by atoms with E-state index in [1.807, 2.05) is 55.8 Å². The van der Waals surface area contributed by atoms with Crippen LogP contribution in [0.15, 0.2) is 36.4 Å². The van der Waals surface area contributed by atoms with Gasteiger partial charge in [-0.1, -0.05) is 6.07 Å². The second-order valence-electron chi connectivity index (χ2n) is 6.71. The molecule has 1 aromatic heterocycles. The molecule has 2 aromatic carbocycles. The number of amides is 3. The van der Waals surface area contributed by atoms with Crippen LogP contribution >= 0.6 is 0 Å². The van der Waals surface area contributed by atoms with Gasteiger partial charge in [0.15, 0.2) is 0 Å². The van der Waals surface area contributed by atoms with Gasteiger partial charge in [0.2, 0.25) is 0 Å². The van der Waals surface area contributed by atoms with E-state index in [0.717, 1.165) is 28.1 Å². The van der Waals surface area contributed by atoms with Gasteiger partial charge < -0.3 is 15.2 Å². The Kier molecular flexibility index (Phi) is 4.07. The summed E-state index contributed by atoms with van der Waals surface area (Å²) in [6.45, 7) is 5.08. The summed E-state index contributed by atoms with van der Waals surface area (Å²) in [6.07, 6.45) is 0. The van der Waals surface area contributed by atoms with Crippen molar-refractivity contribution >= 4 is 34.3 Å². The summed E-state index contributed by atoms with van der Waals surface area (Å²) < 4.78 is 1.96. The number of hydrogen-bond acceptors (Lipinski definition) is 3. The Morgan fingerprint density at radius 2 is 2.04 bits per heavy atom. The van der Waals surface area contributed by atoms with Gasteiger partial charge in [0.05, 0.1) is 16.7 Å². The monoisotopic (exact) mass is 363 g/mol. The topological polar surface area (TPSA) is 79.3 Å².